The van der Waals surface area contributed by atoms with Crippen molar-refractivity contribution >= 4 is 23.8 Å². The molecule has 4 aromatic rings. The van der Waals surface area contributed by atoms with Gasteiger partial charge in [-0.2, -0.15) is 10.2 Å². The topological polar surface area (TPSA) is 71.6 Å². The lowest BCUT2D eigenvalue weighted by atomic mass is 10.0. The molecular weight excluding hydrogens is 426 g/mol. The van der Waals surface area contributed by atoms with Gasteiger partial charge in [0.25, 0.3) is 0 Å². The first-order valence-electron chi connectivity index (χ1n) is 10.4. The highest BCUT2D eigenvalue weighted by atomic mass is 35.5. The monoisotopic (exact) mass is 451 g/mol. The maximum atomic E-state index is 12.4. The zero-order chi connectivity index (χ0) is 21.5. The molecule has 0 bridgehead atoms. The molecule has 1 amide bonds. The Morgan fingerprint density at radius 1 is 1.03 bits per heavy atom. The van der Waals surface area contributed by atoms with E-state index in [2.05, 4.69) is 40.2 Å². The Morgan fingerprint density at radius 3 is 2.59 bits per heavy atom. The molecule has 0 radical (unpaired) electrons. The first-order chi connectivity index (χ1) is 15.0. The number of fused-ring (bicyclic) bond motifs is 1. The van der Waals surface area contributed by atoms with Crippen LogP contribution in [0.2, 0.25) is 0 Å². The van der Waals surface area contributed by atoms with E-state index in [0.717, 1.165) is 52.2 Å². The molecule has 0 atom stereocenters. The smallest absolute Gasteiger partial charge is 0.237 e. The molecule has 0 N–H and O–H groups in total. The van der Waals surface area contributed by atoms with Crippen LogP contribution >= 0.6 is 12.4 Å². The second kappa shape index (κ2) is 8.72. The fourth-order valence-electron chi connectivity index (χ4n) is 4.05. The molecule has 32 heavy (non-hydrogen) atoms. The Labute approximate surface area is 192 Å². The van der Waals surface area contributed by atoms with Gasteiger partial charge in [0.2, 0.25) is 5.91 Å². The Kier molecular flexibility index (Phi) is 5.99. The van der Waals surface area contributed by atoms with Crippen molar-refractivity contribution in [2.75, 3.05) is 26.7 Å². The lowest BCUT2D eigenvalue weighted by molar-refractivity contribution is -0.136. The van der Waals surface area contributed by atoms with Crippen molar-refractivity contribution in [2.45, 2.75) is 13.5 Å². The fourth-order valence-corrected chi connectivity index (χ4v) is 4.05. The third kappa shape index (κ3) is 4.11. The molecule has 0 aliphatic carbocycles. The van der Waals surface area contributed by atoms with Crippen LogP contribution in [0.4, 0.5) is 0 Å². The molecule has 1 fully saturated rings. The van der Waals surface area contributed by atoms with Gasteiger partial charge in [0.15, 0.2) is 0 Å². The molecule has 1 aliphatic heterocycles. The van der Waals surface area contributed by atoms with Gasteiger partial charge in [-0.3, -0.25) is 14.4 Å². The van der Waals surface area contributed by atoms with Crippen LogP contribution in [0.1, 0.15) is 11.1 Å². The van der Waals surface area contributed by atoms with Gasteiger partial charge in [-0.1, -0.05) is 12.1 Å². The van der Waals surface area contributed by atoms with Crippen LogP contribution in [-0.4, -0.2) is 66.8 Å². The third-order valence-corrected chi connectivity index (χ3v) is 5.88. The number of carbonyl (C=O) groups is 1. The SMILES string of the molecule is Cc1cc(-c2nc(-c3cnn(C)c3)cn3nccc23)ccc1CN1CCN(C)CC1=O.Cl. The predicted molar refractivity (Wildman–Crippen MR) is 126 cm³/mol. The lowest BCUT2D eigenvalue weighted by Gasteiger charge is -2.32. The van der Waals surface area contributed by atoms with Crippen molar-refractivity contribution in [1.82, 2.24) is 34.2 Å². The van der Waals surface area contributed by atoms with Crippen molar-refractivity contribution in [2.24, 2.45) is 7.05 Å². The highest BCUT2D eigenvalue weighted by Gasteiger charge is 2.22. The van der Waals surface area contributed by atoms with Crippen LogP contribution in [0.3, 0.4) is 0 Å². The van der Waals surface area contributed by atoms with E-state index in [0.29, 0.717) is 13.1 Å². The molecule has 1 aromatic carbocycles. The summed E-state index contributed by atoms with van der Waals surface area (Å²) in [6, 6.07) is 8.33. The van der Waals surface area contributed by atoms with E-state index in [4.69, 9.17) is 4.98 Å². The number of rotatable bonds is 4. The highest BCUT2D eigenvalue weighted by Crippen LogP contribution is 2.28. The zero-order valence-corrected chi connectivity index (χ0v) is 19.2. The van der Waals surface area contributed by atoms with Gasteiger partial charge in [0.1, 0.15) is 0 Å². The standard InChI is InChI=1S/C23H25N7O.ClH/c1-16-10-17(4-5-18(16)13-29-9-8-27(2)15-22(29)31)23-21-6-7-24-30(21)14-20(26-23)19-11-25-28(3)12-19;/h4-7,10-12,14H,8-9,13,15H2,1-3H3;1H. The number of hydrogen-bond donors (Lipinski definition) is 0. The summed E-state index contributed by atoms with van der Waals surface area (Å²) in [6.07, 6.45) is 7.47. The minimum Gasteiger partial charge on any atom is -0.336 e. The summed E-state index contributed by atoms with van der Waals surface area (Å²) in [5.74, 6) is 0.184. The maximum absolute atomic E-state index is 12.4. The minimum absolute atomic E-state index is 0. The van der Waals surface area contributed by atoms with Crippen LogP contribution in [0.15, 0.2) is 49.1 Å². The molecule has 4 heterocycles. The lowest BCUT2D eigenvalue weighted by Crippen LogP contribution is -2.48. The number of piperazine rings is 1. The molecule has 0 spiro atoms. The van der Waals surface area contributed by atoms with Crippen LogP contribution in [0, 0.1) is 6.92 Å². The number of aromatic nitrogens is 5. The molecule has 0 unspecified atom stereocenters. The summed E-state index contributed by atoms with van der Waals surface area (Å²) in [6.45, 7) is 4.90. The van der Waals surface area contributed by atoms with Crippen molar-refractivity contribution < 1.29 is 4.79 Å². The van der Waals surface area contributed by atoms with Crippen LogP contribution in [0.5, 0.6) is 0 Å². The van der Waals surface area contributed by atoms with E-state index in [1.165, 1.54) is 0 Å². The second-order valence-electron chi connectivity index (χ2n) is 8.23. The van der Waals surface area contributed by atoms with Crippen molar-refractivity contribution in [3.63, 3.8) is 0 Å². The largest absolute Gasteiger partial charge is 0.336 e. The highest BCUT2D eigenvalue weighted by molar-refractivity contribution is 5.85. The second-order valence-corrected chi connectivity index (χ2v) is 8.23. The van der Waals surface area contributed by atoms with Gasteiger partial charge in [-0.25, -0.2) is 9.50 Å². The number of benzene rings is 1. The Morgan fingerprint density at radius 2 is 1.88 bits per heavy atom. The third-order valence-electron chi connectivity index (χ3n) is 5.88. The molecule has 1 saturated heterocycles. The molecule has 166 valence electrons. The summed E-state index contributed by atoms with van der Waals surface area (Å²) in [7, 11) is 3.88. The van der Waals surface area contributed by atoms with Crippen molar-refractivity contribution in [3.05, 3.63) is 60.2 Å². The molecule has 5 rings (SSSR count). The molecule has 1 aliphatic rings. The number of carbonyl (C=O) groups excluding carboxylic acids is 1. The van der Waals surface area contributed by atoms with Crippen LogP contribution in [-0.2, 0) is 18.4 Å². The number of aryl methyl sites for hydroxylation is 2. The molecule has 3 aromatic heterocycles. The van der Waals surface area contributed by atoms with E-state index < -0.39 is 0 Å². The Bertz CT molecular complexity index is 1280. The predicted octanol–water partition coefficient (Wildman–Crippen LogP) is 2.80. The van der Waals surface area contributed by atoms with E-state index in [9.17, 15) is 4.79 Å². The van der Waals surface area contributed by atoms with Gasteiger partial charge >= 0.3 is 0 Å². The number of nitrogens with zero attached hydrogens (tertiary/aromatic N) is 7. The first-order valence-corrected chi connectivity index (χ1v) is 10.4. The fraction of sp³-hybridized carbons (Fsp3) is 0.304. The van der Waals surface area contributed by atoms with Crippen molar-refractivity contribution in [1.29, 1.82) is 0 Å². The molecular formula is C23H26ClN7O. The average molecular weight is 452 g/mol. The minimum atomic E-state index is 0. The van der Waals surface area contributed by atoms with Crippen molar-refractivity contribution in [3.8, 4) is 22.5 Å². The van der Waals surface area contributed by atoms with E-state index in [-0.39, 0.29) is 18.3 Å². The number of amides is 1. The van der Waals surface area contributed by atoms with Gasteiger partial charge in [-0.05, 0) is 37.2 Å². The van der Waals surface area contributed by atoms with E-state index in [1.54, 1.807) is 10.9 Å². The zero-order valence-electron chi connectivity index (χ0n) is 18.4. The average Bonchev–Trinajstić information content (AvgIpc) is 3.39. The molecule has 0 saturated carbocycles. The van der Waals surface area contributed by atoms with Crippen LogP contribution in [0.25, 0.3) is 28.0 Å². The van der Waals surface area contributed by atoms with Gasteiger partial charge in [0.05, 0.1) is 42.0 Å². The van der Waals surface area contributed by atoms with Crippen LogP contribution < -0.4 is 0 Å². The molecule has 8 nitrogen and oxygen atoms in total. The first kappa shape index (κ1) is 22.0. The number of halogens is 1. The summed E-state index contributed by atoms with van der Waals surface area (Å²) >= 11 is 0. The van der Waals surface area contributed by atoms with Gasteiger partial charge in [-0.15, -0.1) is 12.4 Å². The van der Waals surface area contributed by atoms with Gasteiger partial charge < -0.3 is 4.90 Å². The summed E-state index contributed by atoms with van der Waals surface area (Å²) < 4.78 is 3.62. The maximum Gasteiger partial charge on any atom is 0.237 e. The normalized spacial score (nSPS) is 14.7. The molecule has 9 heteroatoms. The summed E-state index contributed by atoms with van der Waals surface area (Å²) in [5, 5.41) is 8.70. The quantitative estimate of drug-likeness (QED) is 0.477. The Balaban J connectivity index is 0.00000245. The van der Waals surface area contributed by atoms with E-state index >= 15 is 0 Å². The number of hydrogen-bond acceptors (Lipinski definition) is 5. The summed E-state index contributed by atoms with van der Waals surface area (Å²) in [5.41, 5.74) is 6.94. The summed E-state index contributed by atoms with van der Waals surface area (Å²) in [4.78, 5) is 21.3. The Hall–Kier alpha value is -3.23. The number of likely N-dealkylation sites (N-methyl/N-ethyl adjacent to an activating group) is 1. The van der Waals surface area contributed by atoms with E-state index in [1.807, 2.05) is 48.2 Å². The van der Waals surface area contributed by atoms with Gasteiger partial charge in [0, 0.05) is 44.0 Å².